The summed E-state index contributed by atoms with van der Waals surface area (Å²) >= 11 is 7.83. The monoisotopic (exact) mass is 479 g/mol. The summed E-state index contributed by atoms with van der Waals surface area (Å²) in [6, 6.07) is 15.4. The van der Waals surface area contributed by atoms with Crippen molar-refractivity contribution in [1.29, 1.82) is 0 Å². The molecule has 0 bridgehead atoms. The third-order valence-electron chi connectivity index (χ3n) is 5.46. The Kier molecular flexibility index (Phi) is 6.08. The lowest BCUT2D eigenvalue weighted by Crippen LogP contribution is -2.42. The Morgan fingerprint density at radius 1 is 1.09 bits per heavy atom. The topological polar surface area (TPSA) is 109 Å². The van der Waals surface area contributed by atoms with E-state index in [2.05, 4.69) is 25.6 Å². The standard InChI is InChI=1S/C23H22ClN7OS/c24-17-13-26-22(29-20(17)30-23-28-18-6-1-2-7-19(18)33-23)27-16-5-3-4-14(12-16)21(32)31-10-8-15(25)9-11-31/h1-7,12-13,15H,8-11,25H2,(H2,26,27,28,29,30). The fourth-order valence-electron chi connectivity index (χ4n) is 3.69. The van der Waals surface area contributed by atoms with Crippen molar-refractivity contribution < 1.29 is 4.79 Å². The predicted octanol–water partition coefficient (Wildman–Crippen LogP) is 4.79. The van der Waals surface area contributed by atoms with Gasteiger partial charge in [0, 0.05) is 30.4 Å². The third kappa shape index (κ3) is 4.90. The number of fused-ring (bicyclic) bond motifs is 1. The molecule has 0 aliphatic carbocycles. The second kappa shape index (κ2) is 9.30. The van der Waals surface area contributed by atoms with E-state index in [0.29, 0.717) is 46.3 Å². The largest absolute Gasteiger partial charge is 0.339 e. The number of amides is 1. The van der Waals surface area contributed by atoms with E-state index in [4.69, 9.17) is 17.3 Å². The van der Waals surface area contributed by atoms with Gasteiger partial charge in [0.05, 0.1) is 16.4 Å². The SMILES string of the molecule is NC1CCN(C(=O)c2cccc(Nc3ncc(Cl)c(Nc4nc5ccccc5s4)n3)c2)CC1. The van der Waals surface area contributed by atoms with Crippen LogP contribution in [0.3, 0.4) is 0 Å². The van der Waals surface area contributed by atoms with Crippen LogP contribution in [0.1, 0.15) is 23.2 Å². The molecule has 1 fully saturated rings. The molecule has 2 aromatic heterocycles. The highest BCUT2D eigenvalue weighted by Gasteiger charge is 2.22. The number of carbonyl (C=O) groups excluding carboxylic acids is 1. The number of anilines is 4. The van der Waals surface area contributed by atoms with Gasteiger partial charge in [-0.25, -0.2) is 9.97 Å². The fourth-order valence-corrected chi connectivity index (χ4v) is 4.69. The van der Waals surface area contributed by atoms with Crippen LogP contribution in [0.4, 0.5) is 22.6 Å². The quantitative estimate of drug-likeness (QED) is 0.377. The molecule has 168 valence electrons. The van der Waals surface area contributed by atoms with Gasteiger partial charge in [0.1, 0.15) is 5.02 Å². The summed E-state index contributed by atoms with van der Waals surface area (Å²) in [5.74, 6) is 0.808. The van der Waals surface area contributed by atoms with E-state index in [1.54, 1.807) is 6.07 Å². The summed E-state index contributed by atoms with van der Waals surface area (Å²) < 4.78 is 1.07. The van der Waals surface area contributed by atoms with Crippen molar-refractivity contribution in [3.8, 4) is 0 Å². The normalized spacial score (nSPS) is 14.4. The van der Waals surface area contributed by atoms with Crippen LogP contribution >= 0.6 is 22.9 Å². The molecule has 1 amide bonds. The number of thiazole rings is 1. The summed E-state index contributed by atoms with van der Waals surface area (Å²) in [5, 5.41) is 7.41. The number of piperidine rings is 1. The predicted molar refractivity (Wildman–Crippen MR) is 133 cm³/mol. The summed E-state index contributed by atoms with van der Waals surface area (Å²) in [6.45, 7) is 1.36. The zero-order valence-electron chi connectivity index (χ0n) is 17.7. The summed E-state index contributed by atoms with van der Waals surface area (Å²) in [7, 11) is 0. The van der Waals surface area contributed by atoms with E-state index in [-0.39, 0.29) is 11.9 Å². The van der Waals surface area contributed by atoms with Gasteiger partial charge in [0.15, 0.2) is 10.9 Å². The van der Waals surface area contributed by atoms with E-state index >= 15 is 0 Å². The second-order valence-corrected chi connectivity index (χ2v) is 9.28. The van der Waals surface area contributed by atoms with Crippen molar-refractivity contribution in [2.24, 2.45) is 5.73 Å². The number of likely N-dealkylation sites (tertiary alicyclic amines) is 1. The number of para-hydroxylation sites is 1. The Bertz CT molecular complexity index is 1270. The average Bonchev–Trinajstić information content (AvgIpc) is 3.24. The summed E-state index contributed by atoms with van der Waals surface area (Å²) in [5.41, 5.74) is 8.18. The lowest BCUT2D eigenvalue weighted by atomic mass is 10.0. The summed E-state index contributed by atoms with van der Waals surface area (Å²) in [6.07, 6.45) is 3.18. The van der Waals surface area contributed by atoms with Gasteiger partial charge in [-0.2, -0.15) is 4.98 Å². The van der Waals surface area contributed by atoms with Gasteiger partial charge >= 0.3 is 0 Å². The van der Waals surface area contributed by atoms with Gasteiger partial charge in [-0.1, -0.05) is 41.1 Å². The molecule has 5 rings (SSSR count). The minimum atomic E-state index is 0.000709. The van der Waals surface area contributed by atoms with Crippen LogP contribution in [-0.4, -0.2) is 44.9 Å². The number of rotatable bonds is 5. The van der Waals surface area contributed by atoms with Crippen LogP contribution in [0.25, 0.3) is 10.2 Å². The van der Waals surface area contributed by atoms with Crippen molar-refractivity contribution in [2.75, 3.05) is 23.7 Å². The molecule has 0 radical (unpaired) electrons. The van der Waals surface area contributed by atoms with Crippen molar-refractivity contribution in [3.05, 3.63) is 65.3 Å². The van der Waals surface area contributed by atoms with Crippen molar-refractivity contribution in [1.82, 2.24) is 19.9 Å². The van der Waals surface area contributed by atoms with Gasteiger partial charge in [-0.15, -0.1) is 0 Å². The van der Waals surface area contributed by atoms with Crippen LogP contribution in [0.2, 0.25) is 5.02 Å². The van der Waals surface area contributed by atoms with Crippen LogP contribution in [0.15, 0.2) is 54.7 Å². The fraction of sp³-hybridized carbons (Fsp3) is 0.217. The Morgan fingerprint density at radius 2 is 1.91 bits per heavy atom. The highest BCUT2D eigenvalue weighted by atomic mass is 35.5. The molecule has 2 aromatic carbocycles. The Labute approximate surface area is 199 Å². The van der Waals surface area contributed by atoms with Gasteiger partial charge in [-0.05, 0) is 43.2 Å². The third-order valence-corrected chi connectivity index (χ3v) is 6.68. The van der Waals surface area contributed by atoms with Gasteiger partial charge in [0.25, 0.3) is 5.91 Å². The minimum Gasteiger partial charge on any atom is -0.339 e. The number of hydrogen-bond donors (Lipinski definition) is 3. The molecular weight excluding hydrogens is 458 g/mol. The average molecular weight is 480 g/mol. The van der Waals surface area contributed by atoms with Crippen molar-refractivity contribution >= 4 is 61.6 Å². The maximum absolute atomic E-state index is 12.9. The molecule has 1 aliphatic heterocycles. The first kappa shape index (κ1) is 21.6. The smallest absolute Gasteiger partial charge is 0.253 e. The number of hydrogen-bond acceptors (Lipinski definition) is 8. The molecule has 0 spiro atoms. The lowest BCUT2D eigenvalue weighted by Gasteiger charge is -2.30. The van der Waals surface area contributed by atoms with Gasteiger partial charge in [0.2, 0.25) is 5.95 Å². The Balaban J connectivity index is 1.32. The number of nitrogens with zero attached hydrogens (tertiary/aromatic N) is 4. The zero-order chi connectivity index (χ0) is 22.8. The number of nitrogens with two attached hydrogens (primary N) is 1. The Morgan fingerprint density at radius 3 is 2.73 bits per heavy atom. The van der Waals surface area contributed by atoms with E-state index in [1.807, 2.05) is 47.4 Å². The molecule has 1 aliphatic rings. The van der Waals surface area contributed by atoms with Crippen molar-refractivity contribution in [2.45, 2.75) is 18.9 Å². The first-order chi connectivity index (χ1) is 16.0. The molecular formula is C23H22ClN7OS. The highest BCUT2D eigenvalue weighted by molar-refractivity contribution is 7.22. The molecule has 0 saturated carbocycles. The number of aromatic nitrogens is 3. The Hall–Kier alpha value is -3.27. The molecule has 1 saturated heterocycles. The number of nitrogens with one attached hydrogen (secondary N) is 2. The van der Waals surface area contributed by atoms with Crippen molar-refractivity contribution in [3.63, 3.8) is 0 Å². The van der Waals surface area contributed by atoms with Crippen LogP contribution in [0.5, 0.6) is 0 Å². The van der Waals surface area contributed by atoms with E-state index < -0.39 is 0 Å². The first-order valence-electron chi connectivity index (χ1n) is 10.6. The molecule has 33 heavy (non-hydrogen) atoms. The number of carbonyl (C=O) groups is 1. The number of benzene rings is 2. The molecule has 0 atom stereocenters. The zero-order valence-corrected chi connectivity index (χ0v) is 19.2. The lowest BCUT2D eigenvalue weighted by molar-refractivity contribution is 0.0715. The molecule has 10 heteroatoms. The summed E-state index contributed by atoms with van der Waals surface area (Å²) in [4.78, 5) is 28.1. The van der Waals surface area contributed by atoms with E-state index in [9.17, 15) is 4.79 Å². The van der Waals surface area contributed by atoms with Gasteiger partial charge < -0.3 is 21.3 Å². The molecule has 8 nitrogen and oxygen atoms in total. The molecule has 3 heterocycles. The molecule has 4 aromatic rings. The van der Waals surface area contributed by atoms with Gasteiger partial charge in [-0.3, -0.25) is 4.79 Å². The van der Waals surface area contributed by atoms with Crippen LogP contribution in [-0.2, 0) is 0 Å². The van der Waals surface area contributed by atoms with E-state index in [1.165, 1.54) is 17.5 Å². The minimum absolute atomic E-state index is 0.000709. The van der Waals surface area contributed by atoms with Crippen LogP contribution in [0, 0.1) is 0 Å². The second-order valence-electron chi connectivity index (χ2n) is 7.84. The molecule has 4 N–H and O–H groups in total. The molecule has 0 unspecified atom stereocenters. The number of halogens is 1. The maximum Gasteiger partial charge on any atom is 0.253 e. The van der Waals surface area contributed by atoms with E-state index in [0.717, 1.165) is 23.1 Å². The first-order valence-corrected chi connectivity index (χ1v) is 11.8. The van der Waals surface area contributed by atoms with Crippen LogP contribution < -0.4 is 16.4 Å². The highest BCUT2D eigenvalue weighted by Crippen LogP contribution is 2.30. The maximum atomic E-state index is 12.9.